The molecule has 0 saturated heterocycles. The van der Waals surface area contributed by atoms with Crippen LogP contribution in [-0.2, 0) is 19.9 Å². The number of hydrogen-bond donors (Lipinski definition) is 0. The highest BCUT2D eigenvalue weighted by molar-refractivity contribution is 5.95. The van der Waals surface area contributed by atoms with Crippen molar-refractivity contribution < 1.29 is 5.94 Å². The van der Waals surface area contributed by atoms with Crippen LogP contribution in [0, 0.1) is 20.8 Å². The Morgan fingerprint density at radius 3 is 2.39 bits per heavy atom. The summed E-state index contributed by atoms with van der Waals surface area (Å²) in [6.45, 7) is 6.64. The SMILES string of the molecule is [2H]c1c(C)[n+](C)c(-c2cc(C3CCCC3)cc(C)c2C)c2cc3c(cc12)CCC3. The molecule has 1 heterocycles. The molecule has 0 unspecified atom stereocenters. The molecule has 28 heavy (non-hydrogen) atoms. The van der Waals surface area contributed by atoms with Crippen molar-refractivity contribution in [3.63, 3.8) is 0 Å². The van der Waals surface area contributed by atoms with Crippen LogP contribution >= 0.6 is 0 Å². The molecule has 1 heteroatoms. The number of rotatable bonds is 2. The van der Waals surface area contributed by atoms with Crippen LogP contribution in [0.3, 0.4) is 0 Å². The van der Waals surface area contributed by atoms with E-state index in [1.165, 1.54) is 83.0 Å². The van der Waals surface area contributed by atoms with Crippen LogP contribution in [0.2, 0.25) is 0 Å². The van der Waals surface area contributed by atoms with Gasteiger partial charge in [0.05, 0.1) is 12.3 Å². The van der Waals surface area contributed by atoms with E-state index in [0.29, 0.717) is 12.0 Å². The fourth-order valence-electron chi connectivity index (χ4n) is 5.50. The maximum absolute atomic E-state index is 8.80. The van der Waals surface area contributed by atoms with E-state index in [1.54, 1.807) is 0 Å². The molecule has 2 aliphatic carbocycles. The molecule has 5 rings (SSSR count). The van der Waals surface area contributed by atoms with Gasteiger partial charge >= 0.3 is 0 Å². The number of nitrogens with zero attached hydrogens (tertiary/aromatic N) is 1. The smallest absolute Gasteiger partial charge is 0.198 e. The summed E-state index contributed by atoms with van der Waals surface area (Å²) in [5.74, 6) is 0.713. The van der Waals surface area contributed by atoms with Gasteiger partial charge in [0, 0.05) is 13.0 Å². The van der Waals surface area contributed by atoms with E-state index in [1.807, 2.05) is 0 Å². The molecular formula is C27H32N+. The van der Waals surface area contributed by atoms with Crippen LogP contribution < -0.4 is 4.57 Å². The van der Waals surface area contributed by atoms with Gasteiger partial charge in [0.1, 0.15) is 7.05 Å². The molecule has 0 bridgehead atoms. The second-order valence-electron chi connectivity index (χ2n) is 9.13. The lowest BCUT2D eigenvalue weighted by atomic mass is 9.88. The normalized spacial score (nSPS) is 17.4. The number of aromatic nitrogens is 1. The Hall–Kier alpha value is -2.15. The van der Waals surface area contributed by atoms with Gasteiger partial charge in [-0.15, -0.1) is 0 Å². The largest absolute Gasteiger partial charge is 0.220 e. The van der Waals surface area contributed by atoms with Gasteiger partial charge < -0.3 is 0 Å². The third-order valence-electron chi connectivity index (χ3n) is 7.41. The Balaban J connectivity index is 1.83. The molecule has 0 aliphatic heterocycles. The van der Waals surface area contributed by atoms with Gasteiger partial charge in [0.2, 0.25) is 5.69 Å². The van der Waals surface area contributed by atoms with Crippen LogP contribution in [0.25, 0.3) is 22.0 Å². The first kappa shape index (κ1) is 16.8. The molecule has 0 atom stereocenters. The quantitative estimate of drug-likeness (QED) is 0.459. The number of benzene rings is 2. The first-order valence-electron chi connectivity index (χ1n) is 11.5. The molecular weight excluding hydrogens is 338 g/mol. The van der Waals surface area contributed by atoms with Crippen molar-refractivity contribution in [3.05, 3.63) is 63.8 Å². The average molecular weight is 372 g/mol. The summed E-state index contributed by atoms with van der Waals surface area (Å²) in [6, 6.07) is 10.3. The maximum Gasteiger partial charge on any atom is 0.220 e. The summed E-state index contributed by atoms with van der Waals surface area (Å²) >= 11 is 0. The van der Waals surface area contributed by atoms with E-state index in [0.717, 1.165) is 17.5 Å². The summed E-state index contributed by atoms with van der Waals surface area (Å²) in [5.41, 5.74) is 10.9. The third kappa shape index (κ3) is 2.79. The van der Waals surface area contributed by atoms with Gasteiger partial charge in [-0.05, 0) is 97.2 Å². The molecule has 0 amide bonds. The second kappa shape index (κ2) is 6.72. The molecule has 1 nitrogen and oxygen atoms in total. The van der Waals surface area contributed by atoms with Crippen molar-refractivity contribution in [2.24, 2.45) is 7.05 Å². The topological polar surface area (TPSA) is 3.88 Å². The number of aryl methyl sites for hydroxylation is 3. The molecule has 1 aromatic heterocycles. The van der Waals surface area contributed by atoms with Crippen molar-refractivity contribution in [3.8, 4) is 11.3 Å². The summed E-state index contributed by atoms with van der Waals surface area (Å²) in [5, 5.41) is 2.38. The van der Waals surface area contributed by atoms with Crippen LogP contribution in [0.15, 0.2) is 30.3 Å². The third-order valence-corrected chi connectivity index (χ3v) is 7.41. The lowest BCUT2D eigenvalue weighted by Gasteiger charge is -2.17. The zero-order chi connectivity index (χ0) is 20.3. The van der Waals surface area contributed by atoms with Crippen LogP contribution in [0.4, 0.5) is 0 Å². The Bertz CT molecular complexity index is 1140. The Labute approximate surface area is 170 Å². The van der Waals surface area contributed by atoms with Crippen LogP contribution in [-0.4, -0.2) is 0 Å². The molecule has 0 spiro atoms. The minimum Gasteiger partial charge on any atom is -0.198 e. The summed E-state index contributed by atoms with van der Waals surface area (Å²) in [6.07, 6.45) is 8.96. The van der Waals surface area contributed by atoms with Gasteiger partial charge in [-0.1, -0.05) is 25.0 Å². The highest BCUT2D eigenvalue weighted by atomic mass is 14.9. The molecule has 2 aromatic carbocycles. The van der Waals surface area contributed by atoms with Crippen molar-refractivity contribution >= 4 is 10.8 Å². The summed E-state index contributed by atoms with van der Waals surface area (Å²) in [4.78, 5) is 0. The van der Waals surface area contributed by atoms with E-state index in [2.05, 4.69) is 56.7 Å². The standard InChI is InChI=1S/C27H32N/c1-17-12-23(20-8-5-6-9-20)16-25(19(17)3)27-26-15-22-11-7-10-21(22)14-24(26)13-18(2)28(27)4/h12-16,20H,5-11H2,1-4H3/q+1/i13D. The average Bonchev–Trinajstić information content (AvgIpc) is 3.39. The van der Waals surface area contributed by atoms with Crippen molar-refractivity contribution in [2.75, 3.05) is 0 Å². The Morgan fingerprint density at radius 1 is 0.929 bits per heavy atom. The molecule has 144 valence electrons. The van der Waals surface area contributed by atoms with Crippen molar-refractivity contribution in [2.45, 2.75) is 71.6 Å². The molecule has 1 fully saturated rings. The van der Waals surface area contributed by atoms with Gasteiger partial charge in [-0.3, -0.25) is 0 Å². The van der Waals surface area contributed by atoms with E-state index in [9.17, 15) is 0 Å². The van der Waals surface area contributed by atoms with E-state index < -0.39 is 0 Å². The highest BCUT2D eigenvalue weighted by Crippen LogP contribution is 2.39. The molecule has 0 radical (unpaired) electrons. The van der Waals surface area contributed by atoms with E-state index in [4.69, 9.17) is 1.37 Å². The Kier molecular flexibility index (Phi) is 4.03. The highest BCUT2D eigenvalue weighted by Gasteiger charge is 2.25. The predicted octanol–water partition coefficient (Wildman–Crippen LogP) is 6.40. The lowest BCUT2D eigenvalue weighted by Crippen LogP contribution is -2.35. The minimum atomic E-state index is 0.683. The number of pyridine rings is 1. The van der Waals surface area contributed by atoms with Gasteiger partial charge in [-0.2, -0.15) is 4.57 Å². The van der Waals surface area contributed by atoms with Crippen LogP contribution in [0.1, 0.15) is 72.9 Å². The zero-order valence-corrected chi connectivity index (χ0v) is 17.8. The number of hydrogen-bond acceptors (Lipinski definition) is 0. The fourth-order valence-corrected chi connectivity index (χ4v) is 5.50. The first-order chi connectivity index (χ1) is 14.0. The van der Waals surface area contributed by atoms with Crippen molar-refractivity contribution in [1.29, 1.82) is 0 Å². The predicted molar refractivity (Wildman–Crippen MR) is 118 cm³/mol. The lowest BCUT2D eigenvalue weighted by molar-refractivity contribution is -0.665. The van der Waals surface area contributed by atoms with E-state index in [-0.39, 0.29) is 0 Å². The molecule has 3 aromatic rings. The van der Waals surface area contributed by atoms with Gasteiger partial charge in [-0.25, -0.2) is 0 Å². The minimum absolute atomic E-state index is 0.683. The number of fused-ring (bicyclic) bond motifs is 2. The monoisotopic (exact) mass is 371 g/mol. The molecule has 2 aliphatic rings. The summed E-state index contributed by atoms with van der Waals surface area (Å²) in [7, 11) is 2.15. The Morgan fingerprint density at radius 2 is 1.64 bits per heavy atom. The van der Waals surface area contributed by atoms with E-state index >= 15 is 0 Å². The maximum atomic E-state index is 8.80. The first-order valence-corrected chi connectivity index (χ1v) is 11.0. The van der Waals surface area contributed by atoms with Gasteiger partial charge in [0.15, 0.2) is 5.69 Å². The van der Waals surface area contributed by atoms with Crippen LogP contribution in [0.5, 0.6) is 0 Å². The molecule has 1 saturated carbocycles. The summed E-state index contributed by atoms with van der Waals surface area (Å²) < 4.78 is 11.1. The zero-order valence-electron chi connectivity index (χ0n) is 18.8. The fraction of sp³-hybridized carbons (Fsp3) is 0.444. The van der Waals surface area contributed by atoms with Crippen molar-refractivity contribution in [1.82, 2.24) is 0 Å². The molecule has 0 N–H and O–H groups in total. The second-order valence-corrected chi connectivity index (χ2v) is 9.13. The van der Waals surface area contributed by atoms with Gasteiger partial charge in [0.25, 0.3) is 0 Å².